The molecule has 1 aromatic heterocycles. The largest absolute Gasteiger partial charge is 0.389 e. The van der Waals surface area contributed by atoms with Crippen molar-refractivity contribution in [2.45, 2.75) is 23.5 Å². The standard InChI is InChI=1S/C18H26N4O3S/c1-20(2)17(24)22-10-7-18(25)6-9-21(11-13(18)12-22)16(23)14-5-4-8-19-15(14)26-3/h4-5,8,13,25H,6-7,9-12H2,1-3H3/t13-,18-/m0/s1. The Morgan fingerprint density at radius 2 is 1.92 bits per heavy atom. The summed E-state index contributed by atoms with van der Waals surface area (Å²) in [7, 11) is 3.46. The van der Waals surface area contributed by atoms with E-state index in [0.29, 0.717) is 49.6 Å². The van der Waals surface area contributed by atoms with Crippen LogP contribution < -0.4 is 0 Å². The smallest absolute Gasteiger partial charge is 0.319 e. The Morgan fingerprint density at radius 3 is 2.58 bits per heavy atom. The first-order valence-electron chi connectivity index (χ1n) is 8.82. The maximum Gasteiger partial charge on any atom is 0.319 e. The summed E-state index contributed by atoms with van der Waals surface area (Å²) in [5, 5.41) is 11.7. The van der Waals surface area contributed by atoms with Gasteiger partial charge < -0.3 is 19.8 Å². The second kappa shape index (κ2) is 7.44. The Labute approximate surface area is 158 Å². The molecule has 2 atom stereocenters. The van der Waals surface area contributed by atoms with Gasteiger partial charge in [0.05, 0.1) is 11.2 Å². The number of hydrogen-bond donors (Lipinski definition) is 1. The Balaban J connectivity index is 1.75. The molecule has 0 spiro atoms. The minimum atomic E-state index is -0.794. The fraction of sp³-hybridized carbons (Fsp3) is 0.611. The number of thioether (sulfide) groups is 1. The van der Waals surface area contributed by atoms with E-state index in [1.165, 1.54) is 11.8 Å². The van der Waals surface area contributed by atoms with Crippen LogP contribution >= 0.6 is 11.8 Å². The third-order valence-electron chi connectivity index (χ3n) is 5.41. The van der Waals surface area contributed by atoms with Gasteiger partial charge in [0.2, 0.25) is 0 Å². The minimum absolute atomic E-state index is 0.0487. The molecule has 8 heteroatoms. The SMILES string of the molecule is CSc1ncccc1C(=O)N1CC[C@]2(O)CCN(C(=O)N(C)C)C[C@@H]2C1. The lowest BCUT2D eigenvalue weighted by Crippen LogP contribution is -2.62. The Bertz CT molecular complexity index is 699. The topological polar surface area (TPSA) is 77.0 Å². The number of amides is 3. The van der Waals surface area contributed by atoms with E-state index in [1.807, 2.05) is 6.26 Å². The maximum absolute atomic E-state index is 13.0. The van der Waals surface area contributed by atoms with E-state index in [0.717, 1.165) is 0 Å². The summed E-state index contributed by atoms with van der Waals surface area (Å²) in [6, 6.07) is 3.52. The van der Waals surface area contributed by atoms with Gasteiger partial charge in [0.1, 0.15) is 5.03 Å². The quantitative estimate of drug-likeness (QED) is 0.787. The highest BCUT2D eigenvalue weighted by atomic mass is 32.2. The second-order valence-corrected chi connectivity index (χ2v) is 8.03. The fourth-order valence-corrected chi connectivity index (χ4v) is 4.37. The number of hydrogen-bond acceptors (Lipinski definition) is 5. The van der Waals surface area contributed by atoms with Crippen molar-refractivity contribution < 1.29 is 14.7 Å². The van der Waals surface area contributed by atoms with Gasteiger partial charge in [-0.15, -0.1) is 11.8 Å². The summed E-state index contributed by atoms with van der Waals surface area (Å²) in [6.07, 6.45) is 4.69. The fourth-order valence-electron chi connectivity index (χ4n) is 3.83. The molecule has 0 radical (unpaired) electrons. The number of nitrogens with zero attached hydrogens (tertiary/aromatic N) is 4. The van der Waals surface area contributed by atoms with Gasteiger partial charge in [-0.05, 0) is 31.2 Å². The predicted octanol–water partition coefficient (Wildman–Crippen LogP) is 1.38. The lowest BCUT2D eigenvalue weighted by Gasteiger charge is -2.50. The lowest BCUT2D eigenvalue weighted by molar-refractivity contribution is -0.101. The molecule has 7 nitrogen and oxygen atoms in total. The Morgan fingerprint density at radius 1 is 1.27 bits per heavy atom. The summed E-state index contributed by atoms with van der Waals surface area (Å²) >= 11 is 1.45. The third-order valence-corrected chi connectivity index (χ3v) is 6.12. The summed E-state index contributed by atoms with van der Waals surface area (Å²) in [4.78, 5) is 34.6. The number of aromatic nitrogens is 1. The van der Waals surface area contributed by atoms with Crippen LogP contribution in [-0.2, 0) is 0 Å². The number of rotatable bonds is 2. The highest BCUT2D eigenvalue weighted by Gasteiger charge is 2.47. The zero-order valence-corrected chi connectivity index (χ0v) is 16.3. The lowest BCUT2D eigenvalue weighted by atomic mass is 9.75. The molecule has 3 heterocycles. The van der Waals surface area contributed by atoms with Gasteiger partial charge in [-0.1, -0.05) is 0 Å². The van der Waals surface area contributed by atoms with Crippen molar-refractivity contribution in [2.75, 3.05) is 46.5 Å². The molecule has 2 aliphatic rings. The van der Waals surface area contributed by atoms with E-state index >= 15 is 0 Å². The van der Waals surface area contributed by atoms with Crippen LogP contribution in [0.4, 0.5) is 4.79 Å². The van der Waals surface area contributed by atoms with Gasteiger partial charge >= 0.3 is 6.03 Å². The van der Waals surface area contributed by atoms with Crippen molar-refractivity contribution in [1.29, 1.82) is 0 Å². The summed E-state index contributed by atoms with van der Waals surface area (Å²) in [5.41, 5.74) is -0.195. The average Bonchev–Trinajstić information content (AvgIpc) is 2.65. The van der Waals surface area contributed by atoms with Crippen molar-refractivity contribution in [3.63, 3.8) is 0 Å². The number of likely N-dealkylation sites (tertiary alicyclic amines) is 2. The van der Waals surface area contributed by atoms with Crippen molar-refractivity contribution >= 4 is 23.7 Å². The number of carbonyl (C=O) groups excluding carboxylic acids is 2. The van der Waals surface area contributed by atoms with Crippen LogP contribution in [0.1, 0.15) is 23.2 Å². The molecule has 0 bridgehead atoms. The van der Waals surface area contributed by atoms with Crippen LogP contribution in [0.15, 0.2) is 23.4 Å². The first-order valence-corrected chi connectivity index (χ1v) is 10.0. The summed E-state index contributed by atoms with van der Waals surface area (Å²) in [6.45, 7) is 2.00. The molecular formula is C18H26N4O3S. The molecular weight excluding hydrogens is 352 g/mol. The van der Waals surface area contributed by atoms with Crippen LogP contribution in [0.5, 0.6) is 0 Å². The van der Waals surface area contributed by atoms with Crippen molar-refractivity contribution in [3.05, 3.63) is 23.9 Å². The molecule has 2 fully saturated rings. The number of urea groups is 1. The number of fused-ring (bicyclic) bond motifs is 1. The first-order chi connectivity index (χ1) is 12.4. The second-order valence-electron chi connectivity index (χ2n) is 7.23. The summed E-state index contributed by atoms with van der Waals surface area (Å²) in [5.74, 6) is -0.187. The van der Waals surface area contributed by atoms with Gasteiger partial charge in [-0.25, -0.2) is 9.78 Å². The van der Waals surface area contributed by atoms with Gasteiger partial charge in [0, 0.05) is 52.4 Å². The van der Waals surface area contributed by atoms with E-state index in [1.54, 1.807) is 47.1 Å². The molecule has 1 aromatic rings. The van der Waals surface area contributed by atoms with Crippen LogP contribution in [0.3, 0.4) is 0 Å². The Kier molecular flexibility index (Phi) is 5.43. The molecule has 0 saturated carbocycles. The van der Waals surface area contributed by atoms with Crippen molar-refractivity contribution in [3.8, 4) is 0 Å². The van der Waals surface area contributed by atoms with E-state index in [2.05, 4.69) is 4.98 Å². The van der Waals surface area contributed by atoms with Crippen LogP contribution in [0, 0.1) is 5.92 Å². The van der Waals surface area contributed by atoms with E-state index in [9.17, 15) is 14.7 Å². The van der Waals surface area contributed by atoms with Gasteiger partial charge in [0.25, 0.3) is 5.91 Å². The monoisotopic (exact) mass is 378 g/mol. The number of piperidine rings is 2. The zero-order valence-electron chi connectivity index (χ0n) is 15.5. The molecule has 3 rings (SSSR count). The highest BCUT2D eigenvalue weighted by molar-refractivity contribution is 7.98. The number of aliphatic hydroxyl groups is 1. The Hall–Kier alpha value is -1.80. The van der Waals surface area contributed by atoms with E-state index < -0.39 is 5.60 Å². The van der Waals surface area contributed by atoms with Gasteiger partial charge in [-0.3, -0.25) is 4.79 Å². The number of pyridine rings is 1. The van der Waals surface area contributed by atoms with E-state index in [4.69, 9.17) is 0 Å². The molecule has 2 aliphatic heterocycles. The third kappa shape index (κ3) is 3.53. The first kappa shape index (κ1) is 19.0. The molecule has 26 heavy (non-hydrogen) atoms. The molecule has 3 amide bonds. The molecule has 2 saturated heterocycles. The van der Waals surface area contributed by atoms with Crippen LogP contribution in [0.2, 0.25) is 0 Å². The molecule has 0 unspecified atom stereocenters. The van der Waals surface area contributed by atoms with Crippen molar-refractivity contribution in [2.24, 2.45) is 5.92 Å². The van der Waals surface area contributed by atoms with Crippen LogP contribution in [-0.4, -0.2) is 88.9 Å². The minimum Gasteiger partial charge on any atom is -0.389 e. The van der Waals surface area contributed by atoms with E-state index in [-0.39, 0.29) is 17.9 Å². The van der Waals surface area contributed by atoms with Gasteiger partial charge in [0.15, 0.2) is 0 Å². The molecule has 142 valence electrons. The van der Waals surface area contributed by atoms with Crippen molar-refractivity contribution in [1.82, 2.24) is 19.7 Å². The highest BCUT2D eigenvalue weighted by Crippen LogP contribution is 2.36. The summed E-state index contributed by atoms with van der Waals surface area (Å²) < 4.78 is 0. The molecule has 0 aromatic carbocycles. The normalized spacial score (nSPS) is 25.6. The van der Waals surface area contributed by atoms with Crippen LogP contribution in [0.25, 0.3) is 0 Å². The maximum atomic E-state index is 13.0. The average molecular weight is 378 g/mol. The zero-order chi connectivity index (χ0) is 18.9. The predicted molar refractivity (Wildman–Crippen MR) is 100 cm³/mol. The molecule has 0 aliphatic carbocycles. The van der Waals surface area contributed by atoms with Gasteiger partial charge in [-0.2, -0.15) is 0 Å². The molecule has 1 N–H and O–H groups in total. The number of carbonyl (C=O) groups is 2.